The van der Waals surface area contributed by atoms with Crippen LogP contribution in [0.3, 0.4) is 0 Å². The highest BCUT2D eigenvalue weighted by atomic mass is 35.5. The minimum Gasteiger partial charge on any atom is -0.331 e. The highest BCUT2D eigenvalue weighted by Crippen LogP contribution is 2.28. The van der Waals surface area contributed by atoms with Crippen molar-refractivity contribution in [3.63, 3.8) is 0 Å². The quantitative estimate of drug-likeness (QED) is 0.721. The standard InChI is InChI=1S/C20H20ClN5O/c1-13(14-4-2-6-16(21)10-14)23-20(27)26-9-7-18-17(12-26)19(25-24-18)15-5-3-8-22-11-15/h2-6,8,10-11,13H,7,9,12H2,1H3,(H,23,27)(H,24,25)/t13-/m1/s1. The van der Waals surface area contributed by atoms with Crippen LogP contribution in [0.5, 0.6) is 0 Å². The summed E-state index contributed by atoms with van der Waals surface area (Å²) in [6, 6.07) is 11.2. The fraction of sp³-hybridized carbons (Fsp3) is 0.250. The van der Waals surface area contributed by atoms with Crippen molar-refractivity contribution in [2.45, 2.75) is 25.9 Å². The van der Waals surface area contributed by atoms with Crippen LogP contribution in [0.15, 0.2) is 48.8 Å². The Morgan fingerprint density at radius 3 is 3.00 bits per heavy atom. The van der Waals surface area contributed by atoms with Gasteiger partial charge in [-0.3, -0.25) is 10.1 Å². The van der Waals surface area contributed by atoms with E-state index in [1.807, 2.05) is 48.2 Å². The minimum absolute atomic E-state index is 0.0912. The van der Waals surface area contributed by atoms with Crippen molar-refractivity contribution in [1.29, 1.82) is 0 Å². The van der Waals surface area contributed by atoms with Gasteiger partial charge in [-0.25, -0.2) is 4.79 Å². The second kappa shape index (κ2) is 7.40. The van der Waals surface area contributed by atoms with E-state index in [2.05, 4.69) is 20.5 Å². The molecule has 1 aromatic carbocycles. The first kappa shape index (κ1) is 17.5. The molecule has 6 nitrogen and oxygen atoms in total. The molecule has 0 radical (unpaired) electrons. The van der Waals surface area contributed by atoms with E-state index in [9.17, 15) is 4.79 Å². The van der Waals surface area contributed by atoms with Gasteiger partial charge in [-0.1, -0.05) is 23.7 Å². The lowest BCUT2D eigenvalue weighted by Gasteiger charge is -2.29. The molecule has 2 amide bonds. The number of carbonyl (C=O) groups excluding carboxylic acids is 1. The molecule has 2 aromatic heterocycles. The largest absolute Gasteiger partial charge is 0.331 e. The fourth-order valence-corrected chi connectivity index (χ4v) is 3.54. The molecule has 27 heavy (non-hydrogen) atoms. The van der Waals surface area contributed by atoms with Gasteiger partial charge in [0.05, 0.1) is 18.3 Å². The number of H-pyrrole nitrogens is 1. The van der Waals surface area contributed by atoms with Crippen molar-refractivity contribution in [3.8, 4) is 11.3 Å². The fourth-order valence-electron chi connectivity index (χ4n) is 3.35. The molecule has 1 atom stereocenters. The lowest BCUT2D eigenvalue weighted by molar-refractivity contribution is 0.189. The highest BCUT2D eigenvalue weighted by Gasteiger charge is 2.26. The third kappa shape index (κ3) is 3.66. The number of rotatable bonds is 3. The van der Waals surface area contributed by atoms with Crippen LogP contribution in [0.1, 0.15) is 29.8 Å². The summed E-state index contributed by atoms with van der Waals surface area (Å²) in [4.78, 5) is 18.8. The molecule has 138 valence electrons. The number of benzene rings is 1. The van der Waals surface area contributed by atoms with Crippen LogP contribution in [-0.4, -0.2) is 32.7 Å². The number of halogens is 1. The van der Waals surface area contributed by atoms with Gasteiger partial charge in [0.25, 0.3) is 0 Å². The lowest BCUT2D eigenvalue weighted by atomic mass is 10.0. The van der Waals surface area contributed by atoms with Gasteiger partial charge in [-0.2, -0.15) is 5.10 Å². The van der Waals surface area contributed by atoms with Crippen LogP contribution in [0.2, 0.25) is 5.02 Å². The van der Waals surface area contributed by atoms with Gasteiger partial charge < -0.3 is 10.2 Å². The monoisotopic (exact) mass is 381 g/mol. The zero-order chi connectivity index (χ0) is 18.8. The summed E-state index contributed by atoms with van der Waals surface area (Å²) in [6.07, 6.45) is 4.28. The molecule has 0 fully saturated rings. The van der Waals surface area contributed by atoms with Gasteiger partial charge in [-0.15, -0.1) is 0 Å². The summed E-state index contributed by atoms with van der Waals surface area (Å²) >= 11 is 6.05. The van der Waals surface area contributed by atoms with Crippen molar-refractivity contribution < 1.29 is 4.79 Å². The van der Waals surface area contributed by atoms with Crippen molar-refractivity contribution in [1.82, 2.24) is 25.4 Å². The smallest absolute Gasteiger partial charge is 0.318 e. The van der Waals surface area contributed by atoms with Crippen LogP contribution in [0.25, 0.3) is 11.3 Å². The van der Waals surface area contributed by atoms with Crippen LogP contribution in [-0.2, 0) is 13.0 Å². The second-order valence-electron chi connectivity index (χ2n) is 6.67. The number of amides is 2. The number of nitrogens with one attached hydrogen (secondary N) is 2. The number of hydrogen-bond acceptors (Lipinski definition) is 3. The Bertz CT molecular complexity index is 956. The Morgan fingerprint density at radius 2 is 2.22 bits per heavy atom. The summed E-state index contributed by atoms with van der Waals surface area (Å²) in [5.74, 6) is 0. The molecule has 0 saturated heterocycles. The van der Waals surface area contributed by atoms with Crippen LogP contribution in [0, 0.1) is 0 Å². The van der Waals surface area contributed by atoms with Crippen molar-refractivity contribution in [2.75, 3.05) is 6.54 Å². The zero-order valence-corrected chi connectivity index (χ0v) is 15.7. The third-order valence-corrected chi connectivity index (χ3v) is 5.08. The summed E-state index contributed by atoms with van der Waals surface area (Å²) in [7, 11) is 0. The van der Waals surface area contributed by atoms with Crippen LogP contribution in [0.4, 0.5) is 4.79 Å². The number of nitrogens with zero attached hydrogens (tertiary/aromatic N) is 3. The molecule has 2 N–H and O–H groups in total. The first-order chi connectivity index (χ1) is 13.1. The Balaban J connectivity index is 1.49. The molecule has 0 saturated carbocycles. The molecule has 3 aromatic rings. The van der Waals surface area contributed by atoms with Crippen molar-refractivity contribution in [3.05, 3.63) is 70.6 Å². The van der Waals surface area contributed by atoms with E-state index in [1.165, 1.54) is 0 Å². The van der Waals surface area contributed by atoms with Gasteiger partial charge >= 0.3 is 6.03 Å². The number of urea groups is 1. The molecule has 4 rings (SSSR count). The van der Waals surface area contributed by atoms with E-state index < -0.39 is 0 Å². The van der Waals surface area contributed by atoms with E-state index in [0.29, 0.717) is 18.1 Å². The second-order valence-corrected chi connectivity index (χ2v) is 7.11. The number of hydrogen-bond donors (Lipinski definition) is 2. The van der Waals surface area contributed by atoms with E-state index in [4.69, 9.17) is 11.6 Å². The maximum Gasteiger partial charge on any atom is 0.318 e. The Morgan fingerprint density at radius 1 is 1.33 bits per heavy atom. The van der Waals surface area contributed by atoms with E-state index in [1.54, 1.807) is 12.4 Å². The van der Waals surface area contributed by atoms with E-state index >= 15 is 0 Å². The Labute approximate surface area is 162 Å². The lowest BCUT2D eigenvalue weighted by Crippen LogP contribution is -2.43. The number of pyridine rings is 1. The summed E-state index contributed by atoms with van der Waals surface area (Å²) in [5.41, 5.74) is 4.93. The van der Waals surface area contributed by atoms with Gasteiger partial charge in [0.2, 0.25) is 0 Å². The normalized spacial score (nSPS) is 14.5. The summed E-state index contributed by atoms with van der Waals surface area (Å²) < 4.78 is 0. The molecular formula is C20H20ClN5O. The van der Waals surface area contributed by atoms with Crippen LogP contribution >= 0.6 is 11.6 Å². The molecule has 0 bridgehead atoms. The minimum atomic E-state index is -0.125. The van der Waals surface area contributed by atoms with Gasteiger partial charge in [0.15, 0.2) is 0 Å². The van der Waals surface area contributed by atoms with Gasteiger partial charge in [0.1, 0.15) is 0 Å². The maximum atomic E-state index is 12.8. The maximum absolute atomic E-state index is 12.8. The zero-order valence-electron chi connectivity index (χ0n) is 14.9. The van der Waals surface area contributed by atoms with Gasteiger partial charge in [-0.05, 0) is 36.8 Å². The van der Waals surface area contributed by atoms with Crippen LogP contribution < -0.4 is 5.32 Å². The van der Waals surface area contributed by atoms with Crippen molar-refractivity contribution in [2.24, 2.45) is 0 Å². The molecule has 0 spiro atoms. The van der Waals surface area contributed by atoms with Gasteiger partial charge in [0, 0.05) is 47.2 Å². The highest BCUT2D eigenvalue weighted by molar-refractivity contribution is 6.30. The predicted molar refractivity (Wildman–Crippen MR) is 104 cm³/mol. The number of aromatic nitrogens is 3. The molecule has 0 aliphatic carbocycles. The molecule has 7 heteroatoms. The average molecular weight is 382 g/mol. The SMILES string of the molecule is C[C@@H](NC(=O)N1CCc2[nH]nc(-c3cccnc3)c2C1)c1cccc(Cl)c1. The van der Waals surface area contributed by atoms with E-state index in [0.717, 1.165) is 34.5 Å². The molecule has 1 aliphatic heterocycles. The molecule has 3 heterocycles. The average Bonchev–Trinajstić information content (AvgIpc) is 3.12. The predicted octanol–water partition coefficient (Wildman–Crippen LogP) is 3.95. The molecular weight excluding hydrogens is 362 g/mol. The third-order valence-electron chi connectivity index (χ3n) is 4.84. The Hall–Kier alpha value is -2.86. The Kier molecular flexibility index (Phi) is 4.81. The first-order valence-electron chi connectivity index (χ1n) is 8.89. The number of aromatic amines is 1. The molecule has 0 unspecified atom stereocenters. The van der Waals surface area contributed by atoms with Crippen molar-refractivity contribution >= 4 is 17.6 Å². The number of fused-ring (bicyclic) bond motifs is 1. The topological polar surface area (TPSA) is 73.9 Å². The number of carbonyl (C=O) groups is 1. The van der Waals surface area contributed by atoms with E-state index in [-0.39, 0.29) is 12.1 Å². The summed E-state index contributed by atoms with van der Waals surface area (Å²) in [6.45, 7) is 3.12. The first-order valence-corrected chi connectivity index (χ1v) is 9.27. The molecule has 1 aliphatic rings. The summed E-state index contributed by atoms with van der Waals surface area (Å²) in [5, 5.41) is 11.3.